The second-order valence-electron chi connectivity index (χ2n) is 8.28. The maximum Gasteiger partial charge on any atom is 0.241 e. The van der Waals surface area contributed by atoms with E-state index in [1.54, 1.807) is 0 Å². The highest BCUT2D eigenvalue weighted by Crippen LogP contribution is 2.23. The second-order valence-corrected chi connectivity index (χ2v) is 8.28. The summed E-state index contributed by atoms with van der Waals surface area (Å²) in [4.78, 5) is 21.5. The molecule has 7 heteroatoms. The third-order valence-corrected chi connectivity index (χ3v) is 5.92. The van der Waals surface area contributed by atoms with E-state index in [9.17, 15) is 4.79 Å². The van der Waals surface area contributed by atoms with Gasteiger partial charge in [0.15, 0.2) is 0 Å². The van der Waals surface area contributed by atoms with Crippen molar-refractivity contribution in [1.82, 2.24) is 19.9 Å². The van der Waals surface area contributed by atoms with Crippen LogP contribution in [0, 0.1) is 5.92 Å². The molecule has 0 aliphatic carbocycles. The number of rotatable bonds is 5. The number of likely N-dealkylation sites (tertiary alicyclic amines) is 1. The molecule has 1 amide bonds. The molecule has 2 aromatic rings. The van der Waals surface area contributed by atoms with Gasteiger partial charge in [0.2, 0.25) is 17.6 Å². The van der Waals surface area contributed by atoms with Crippen LogP contribution in [0.25, 0.3) is 11.4 Å². The van der Waals surface area contributed by atoms with Crippen molar-refractivity contribution in [3.63, 3.8) is 0 Å². The molecular formula is C22H30N4O3. The van der Waals surface area contributed by atoms with E-state index in [1.807, 2.05) is 17.0 Å². The first-order valence-electron chi connectivity index (χ1n) is 10.6. The standard InChI is InChI=1S/C22H30N4O3/c1-16(2)17-3-5-18(6-4-17)21-23-20(29-24-21)15-25-9-7-19(8-10-25)22(27)26-11-13-28-14-12-26/h3-6,16,19H,7-15H2,1-2H3. The monoisotopic (exact) mass is 398 g/mol. The summed E-state index contributed by atoms with van der Waals surface area (Å²) in [7, 11) is 0. The van der Waals surface area contributed by atoms with E-state index in [4.69, 9.17) is 9.26 Å². The number of benzene rings is 1. The summed E-state index contributed by atoms with van der Waals surface area (Å²) in [6, 6.07) is 8.33. The van der Waals surface area contributed by atoms with Crippen LogP contribution < -0.4 is 0 Å². The van der Waals surface area contributed by atoms with Crippen LogP contribution in [0.4, 0.5) is 0 Å². The van der Waals surface area contributed by atoms with Gasteiger partial charge in [0.05, 0.1) is 19.8 Å². The molecule has 7 nitrogen and oxygen atoms in total. The smallest absolute Gasteiger partial charge is 0.241 e. The Bertz CT molecular complexity index is 804. The minimum absolute atomic E-state index is 0.127. The van der Waals surface area contributed by atoms with Gasteiger partial charge in [-0.2, -0.15) is 4.98 Å². The van der Waals surface area contributed by atoms with Crippen LogP contribution in [0.3, 0.4) is 0 Å². The Morgan fingerprint density at radius 2 is 1.79 bits per heavy atom. The van der Waals surface area contributed by atoms with E-state index in [-0.39, 0.29) is 11.8 Å². The van der Waals surface area contributed by atoms with Gasteiger partial charge < -0.3 is 14.2 Å². The number of hydrogen-bond donors (Lipinski definition) is 0. The largest absolute Gasteiger partial charge is 0.378 e. The van der Waals surface area contributed by atoms with Crippen molar-refractivity contribution in [2.45, 2.75) is 39.2 Å². The molecule has 29 heavy (non-hydrogen) atoms. The van der Waals surface area contributed by atoms with Crippen LogP contribution >= 0.6 is 0 Å². The number of nitrogens with zero attached hydrogens (tertiary/aromatic N) is 4. The van der Waals surface area contributed by atoms with Gasteiger partial charge in [-0.25, -0.2) is 0 Å². The molecule has 2 saturated heterocycles. The number of aromatic nitrogens is 2. The van der Waals surface area contributed by atoms with Gasteiger partial charge in [-0.3, -0.25) is 9.69 Å². The highest BCUT2D eigenvalue weighted by Gasteiger charge is 2.29. The molecule has 0 unspecified atom stereocenters. The van der Waals surface area contributed by atoms with E-state index in [2.05, 4.69) is 41.0 Å². The van der Waals surface area contributed by atoms with Gasteiger partial charge in [-0.15, -0.1) is 0 Å². The minimum atomic E-state index is 0.127. The van der Waals surface area contributed by atoms with E-state index < -0.39 is 0 Å². The Hall–Kier alpha value is -2.25. The zero-order chi connectivity index (χ0) is 20.2. The number of morpholine rings is 1. The lowest BCUT2D eigenvalue weighted by molar-refractivity contribution is -0.141. The van der Waals surface area contributed by atoms with E-state index >= 15 is 0 Å². The first kappa shape index (κ1) is 20.0. The Balaban J connectivity index is 1.29. The normalized spacial score (nSPS) is 19.1. The fourth-order valence-electron chi connectivity index (χ4n) is 4.02. The second kappa shape index (κ2) is 9.05. The van der Waals surface area contributed by atoms with Gasteiger partial charge in [-0.1, -0.05) is 43.3 Å². The number of piperidine rings is 1. The Kier molecular flexibility index (Phi) is 6.25. The SMILES string of the molecule is CC(C)c1ccc(-c2noc(CN3CCC(C(=O)N4CCOCC4)CC3)n2)cc1. The molecule has 0 spiro atoms. The Morgan fingerprint density at radius 3 is 2.45 bits per heavy atom. The zero-order valence-corrected chi connectivity index (χ0v) is 17.3. The first-order chi connectivity index (χ1) is 14.1. The van der Waals surface area contributed by atoms with E-state index in [0.717, 1.165) is 44.6 Å². The van der Waals surface area contributed by atoms with Crippen LogP contribution in [0.5, 0.6) is 0 Å². The molecule has 1 aromatic heterocycles. The average Bonchev–Trinajstić information content (AvgIpc) is 3.23. The predicted octanol–water partition coefficient (Wildman–Crippen LogP) is 2.93. The molecular weight excluding hydrogens is 368 g/mol. The number of carbonyl (C=O) groups is 1. The lowest BCUT2D eigenvalue weighted by atomic mass is 9.95. The molecule has 4 rings (SSSR count). The summed E-state index contributed by atoms with van der Waals surface area (Å²) >= 11 is 0. The molecule has 3 heterocycles. The van der Waals surface area contributed by atoms with Crippen molar-refractivity contribution in [3.05, 3.63) is 35.7 Å². The van der Waals surface area contributed by atoms with Crippen molar-refractivity contribution >= 4 is 5.91 Å². The van der Waals surface area contributed by atoms with Crippen molar-refractivity contribution in [2.24, 2.45) is 5.92 Å². The maximum absolute atomic E-state index is 12.7. The zero-order valence-electron chi connectivity index (χ0n) is 17.3. The van der Waals surface area contributed by atoms with Gasteiger partial charge in [-0.05, 0) is 37.4 Å². The summed E-state index contributed by atoms with van der Waals surface area (Å²) < 4.78 is 10.8. The highest BCUT2D eigenvalue weighted by molar-refractivity contribution is 5.79. The van der Waals surface area contributed by atoms with Crippen LogP contribution in [0.15, 0.2) is 28.8 Å². The summed E-state index contributed by atoms with van der Waals surface area (Å²) in [5, 5.41) is 4.15. The molecule has 0 N–H and O–H groups in total. The van der Waals surface area contributed by atoms with Crippen molar-refractivity contribution in [2.75, 3.05) is 39.4 Å². The molecule has 2 aliphatic heterocycles. The minimum Gasteiger partial charge on any atom is -0.378 e. The molecule has 156 valence electrons. The molecule has 0 bridgehead atoms. The fraction of sp³-hybridized carbons (Fsp3) is 0.591. The van der Waals surface area contributed by atoms with Gasteiger partial charge in [0.1, 0.15) is 0 Å². The van der Waals surface area contributed by atoms with Crippen molar-refractivity contribution in [1.29, 1.82) is 0 Å². The van der Waals surface area contributed by atoms with Crippen LogP contribution in [0.1, 0.15) is 44.1 Å². The van der Waals surface area contributed by atoms with Gasteiger partial charge >= 0.3 is 0 Å². The highest BCUT2D eigenvalue weighted by atomic mass is 16.5. The number of hydrogen-bond acceptors (Lipinski definition) is 6. The molecule has 2 fully saturated rings. The van der Waals surface area contributed by atoms with E-state index in [0.29, 0.717) is 37.4 Å². The van der Waals surface area contributed by atoms with E-state index in [1.165, 1.54) is 5.56 Å². The molecule has 2 aliphatic rings. The topological polar surface area (TPSA) is 71.7 Å². The van der Waals surface area contributed by atoms with Gasteiger partial charge in [0.25, 0.3) is 0 Å². The predicted molar refractivity (Wildman–Crippen MR) is 109 cm³/mol. The van der Waals surface area contributed by atoms with Crippen LogP contribution in [-0.2, 0) is 16.1 Å². The van der Waals surface area contributed by atoms with Crippen LogP contribution in [-0.4, -0.2) is 65.2 Å². The lowest BCUT2D eigenvalue weighted by Gasteiger charge is -2.35. The quantitative estimate of drug-likeness (QED) is 0.771. The maximum atomic E-state index is 12.7. The molecule has 0 radical (unpaired) electrons. The van der Waals surface area contributed by atoms with Gasteiger partial charge in [0, 0.05) is 24.6 Å². The molecule has 1 aromatic carbocycles. The third kappa shape index (κ3) is 4.85. The van der Waals surface area contributed by atoms with Crippen molar-refractivity contribution < 1.29 is 14.1 Å². The number of ether oxygens (including phenoxy) is 1. The molecule has 0 saturated carbocycles. The Morgan fingerprint density at radius 1 is 1.10 bits per heavy atom. The molecule has 0 atom stereocenters. The summed E-state index contributed by atoms with van der Waals surface area (Å²) in [6.07, 6.45) is 1.77. The summed E-state index contributed by atoms with van der Waals surface area (Å²) in [5.41, 5.74) is 2.27. The van der Waals surface area contributed by atoms with Crippen molar-refractivity contribution in [3.8, 4) is 11.4 Å². The van der Waals surface area contributed by atoms with Crippen LogP contribution in [0.2, 0.25) is 0 Å². The third-order valence-electron chi connectivity index (χ3n) is 5.92. The first-order valence-corrected chi connectivity index (χ1v) is 10.6. The number of amides is 1. The average molecular weight is 399 g/mol. The summed E-state index contributed by atoms with van der Waals surface area (Å²) in [6.45, 7) is 9.51. The fourth-order valence-corrected chi connectivity index (χ4v) is 4.02. The Labute approximate surface area is 172 Å². The summed E-state index contributed by atoms with van der Waals surface area (Å²) in [5.74, 6) is 2.18. The lowest BCUT2D eigenvalue weighted by Crippen LogP contribution is -2.46. The number of carbonyl (C=O) groups excluding carboxylic acids is 1.